The highest BCUT2D eigenvalue weighted by atomic mass is 35.5. The summed E-state index contributed by atoms with van der Waals surface area (Å²) in [5.41, 5.74) is -3.60. The quantitative estimate of drug-likeness (QED) is 0.564. The van der Waals surface area contributed by atoms with Crippen LogP contribution in [0.4, 0.5) is 31.5 Å². The normalized spacial score (nSPS) is 12.2. The molecule has 0 bridgehead atoms. The first-order valence-electron chi connectivity index (χ1n) is 7.22. The Balaban J connectivity index is 1.98. The summed E-state index contributed by atoms with van der Waals surface area (Å²) in [5, 5.41) is 5.79. The minimum atomic E-state index is -4.98. The van der Waals surface area contributed by atoms with Crippen LogP contribution in [0, 0.1) is 0 Å². The molecular weight excluding hydrogens is 434 g/mol. The van der Waals surface area contributed by atoms with E-state index in [9.17, 15) is 31.1 Å². The number of halogens is 7. The number of amides is 1. The summed E-state index contributed by atoms with van der Waals surface area (Å²) in [7, 11) is 0. The van der Waals surface area contributed by atoms with Crippen molar-refractivity contribution in [3.05, 3.63) is 57.8 Å². The number of nitrogens with one attached hydrogen (secondary N) is 1. The summed E-state index contributed by atoms with van der Waals surface area (Å²) in [6, 6.07) is 5.35. The minimum Gasteiger partial charge on any atom is -0.298 e. The molecule has 0 unspecified atom stereocenters. The van der Waals surface area contributed by atoms with Crippen LogP contribution >= 0.6 is 22.9 Å². The van der Waals surface area contributed by atoms with E-state index in [4.69, 9.17) is 11.6 Å². The van der Waals surface area contributed by atoms with Crippen LogP contribution in [-0.4, -0.2) is 20.7 Å². The number of aromatic nitrogens is 3. The summed E-state index contributed by atoms with van der Waals surface area (Å²) in [6.45, 7) is 0. The molecule has 148 valence electrons. The van der Waals surface area contributed by atoms with Gasteiger partial charge in [-0.15, -0.1) is 11.3 Å². The molecule has 3 rings (SSSR count). The van der Waals surface area contributed by atoms with Crippen molar-refractivity contribution in [3.8, 4) is 5.69 Å². The highest BCUT2D eigenvalue weighted by Gasteiger charge is 2.41. The Labute approximate surface area is 161 Å². The van der Waals surface area contributed by atoms with E-state index < -0.39 is 40.3 Å². The van der Waals surface area contributed by atoms with Gasteiger partial charge in [0.2, 0.25) is 0 Å². The summed E-state index contributed by atoms with van der Waals surface area (Å²) in [6.07, 6.45) is -9.06. The molecule has 0 fully saturated rings. The molecule has 0 atom stereocenters. The smallest absolute Gasteiger partial charge is 0.298 e. The molecule has 0 radical (unpaired) electrons. The number of hydrogen-bond donors (Lipinski definition) is 1. The molecular formula is C15H7ClF6N4OS. The molecule has 3 aromatic rings. The lowest BCUT2D eigenvalue weighted by atomic mass is 10.2. The number of nitrogens with zero attached hydrogens (tertiary/aromatic N) is 3. The van der Waals surface area contributed by atoms with Gasteiger partial charge < -0.3 is 0 Å². The van der Waals surface area contributed by atoms with Gasteiger partial charge in [-0.2, -0.15) is 31.4 Å². The summed E-state index contributed by atoms with van der Waals surface area (Å²) in [5.74, 6) is -1.30. The van der Waals surface area contributed by atoms with Crippen LogP contribution < -0.4 is 5.32 Å². The molecule has 1 N–H and O–H groups in total. The average Bonchev–Trinajstić information content (AvgIpc) is 3.20. The number of anilines is 1. The van der Waals surface area contributed by atoms with Gasteiger partial charge in [-0.25, -0.2) is 9.67 Å². The van der Waals surface area contributed by atoms with Crippen LogP contribution in [-0.2, 0) is 12.4 Å². The van der Waals surface area contributed by atoms with Crippen LogP contribution in [0.2, 0.25) is 5.02 Å². The molecule has 0 saturated heterocycles. The van der Waals surface area contributed by atoms with Crippen molar-refractivity contribution in [2.24, 2.45) is 0 Å². The maximum atomic E-state index is 13.6. The van der Waals surface area contributed by atoms with E-state index in [2.05, 4.69) is 10.1 Å². The predicted octanol–water partition coefficient (Wildman–Crippen LogP) is 5.27. The maximum Gasteiger partial charge on any atom is 0.434 e. The zero-order valence-electron chi connectivity index (χ0n) is 13.3. The fraction of sp³-hybridized carbons (Fsp3) is 0.133. The third-order valence-corrected chi connectivity index (χ3v) is 4.34. The molecule has 2 aromatic heterocycles. The second kappa shape index (κ2) is 7.09. The molecule has 0 spiro atoms. The van der Waals surface area contributed by atoms with Crippen molar-refractivity contribution < 1.29 is 31.1 Å². The van der Waals surface area contributed by atoms with Gasteiger partial charge in [0, 0.05) is 10.4 Å². The van der Waals surface area contributed by atoms with E-state index in [1.54, 1.807) is 0 Å². The summed E-state index contributed by atoms with van der Waals surface area (Å²) >= 11 is 6.21. The number of carbonyl (C=O) groups excluding carboxylic acids is 1. The third-order valence-electron chi connectivity index (χ3n) is 3.35. The van der Waals surface area contributed by atoms with Gasteiger partial charge in [-0.05, 0) is 18.2 Å². The summed E-state index contributed by atoms with van der Waals surface area (Å²) in [4.78, 5) is 15.4. The van der Waals surface area contributed by atoms with Crippen molar-refractivity contribution in [3.63, 3.8) is 0 Å². The molecule has 1 aromatic carbocycles. The van der Waals surface area contributed by atoms with E-state index in [0.29, 0.717) is 27.6 Å². The highest BCUT2D eigenvalue weighted by molar-refractivity contribution is 7.14. The number of hydrogen-bond acceptors (Lipinski definition) is 4. The van der Waals surface area contributed by atoms with Gasteiger partial charge in [0.1, 0.15) is 0 Å². The SMILES string of the molecule is O=C(Nc1nc(C(F)(F)F)cs1)c1cnn(-c2cccc(Cl)c2)c1C(F)(F)F. The standard InChI is InChI=1S/C15H7ClF6N4OS/c16-7-2-1-3-8(4-7)26-11(15(20,21)22)9(5-23-26)12(27)25-13-24-10(6-28-13)14(17,18)19/h1-6H,(H,24,25,27). The van der Waals surface area contributed by atoms with E-state index >= 15 is 0 Å². The lowest BCUT2D eigenvalue weighted by molar-refractivity contribution is -0.143. The Morgan fingerprint density at radius 1 is 1.14 bits per heavy atom. The van der Waals surface area contributed by atoms with Crippen molar-refractivity contribution in [1.29, 1.82) is 0 Å². The van der Waals surface area contributed by atoms with Crippen molar-refractivity contribution >= 4 is 34.0 Å². The molecule has 2 heterocycles. The van der Waals surface area contributed by atoms with E-state index in [1.807, 2.05) is 5.32 Å². The molecule has 28 heavy (non-hydrogen) atoms. The van der Waals surface area contributed by atoms with E-state index in [-0.39, 0.29) is 10.7 Å². The van der Waals surface area contributed by atoms with Gasteiger partial charge in [0.15, 0.2) is 16.5 Å². The fourth-order valence-corrected chi connectivity index (χ4v) is 3.11. The van der Waals surface area contributed by atoms with Gasteiger partial charge in [0.05, 0.1) is 17.4 Å². The first-order valence-corrected chi connectivity index (χ1v) is 8.48. The van der Waals surface area contributed by atoms with Gasteiger partial charge >= 0.3 is 12.4 Å². The van der Waals surface area contributed by atoms with Gasteiger partial charge in [-0.3, -0.25) is 10.1 Å². The van der Waals surface area contributed by atoms with Crippen LogP contribution in [0.3, 0.4) is 0 Å². The third kappa shape index (κ3) is 4.12. The Morgan fingerprint density at radius 2 is 1.86 bits per heavy atom. The molecule has 13 heteroatoms. The topological polar surface area (TPSA) is 59.8 Å². The van der Waals surface area contributed by atoms with Crippen LogP contribution in [0.1, 0.15) is 21.7 Å². The van der Waals surface area contributed by atoms with Crippen LogP contribution in [0.5, 0.6) is 0 Å². The Kier molecular flexibility index (Phi) is 5.10. The molecule has 5 nitrogen and oxygen atoms in total. The van der Waals surface area contributed by atoms with Crippen LogP contribution in [0.15, 0.2) is 35.8 Å². The first-order chi connectivity index (χ1) is 13.0. The molecule has 0 saturated carbocycles. The van der Waals surface area contributed by atoms with Crippen molar-refractivity contribution in [1.82, 2.24) is 14.8 Å². The second-order valence-corrected chi connectivity index (χ2v) is 6.58. The lowest BCUT2D eigenvalue weighted by Gasteiger charge is -2.12. The number of carbonyl (C=O) groups is 1. The van der Waals surface area contributed by atoms with Crippen molar-refractivity contribution in [2.75, 3.05) is 5.32 Å². The largest absolute Gasteiger partial charge is 0.434 e. The van der Waals surface area contributed by atoms with Crippen molar-refractivity contribution in [2.45, 2.75) is 12.4 Å². The Morgan fingerprint density at radius 3 is 2.43 bits per heavy atom. The van der Waals surface area contributed by atoms with E-state index in [0.717, 1.165) is 0 Å². The molecule has 0 aliphatic carbocycles. The predicted molar refractivity (Wildman–Crippen MR) is 88.6 cm³/mol. The lowest BCUT2D eigenvalue weighted by Crippen LogP contribution is -2.20. The average molecular weight is 441 g/mol. The fourth-order valence-electron chi connectivity index (χ4n) is 2.22. The van der Waals surface area contributed by atoms with Gasteiger partial charge in [0.25, 0.3) is 5.91 Å². The molecule has 0 aliphatic heterocycles. The maximum absolute atomic E-state index is 13.6. The zero-order valence-corrected chi connectivity index (χ0v) is 14.8. The van der Waals surface area contributed by atoms with E-state index in [1.165, 1.54) is 24.3 Å². The molecule has 1 amide bonds. The Bertz CT molecular complexity index is 1030. The monoisotopic (exact) mass is 440 g/mol. The van der Waals surface area contributed by atoms with Gasteiger partial charge in [-0.1, -0.05) is 17.7 Å². The number of rotatable bonds is 3. The number of benzene rings is 1. The summed E-state index contributed by atoms with van der Waals surface area (Å²) < 4.78 is 78.8. The second-order valence-electron chi connectivity index (χ2n) is 5.29. The molecule has 0 aliphatic rings. The first kappa shape index (κ1) is 20.1. The highest BCUT2D eigenvalue weighted by Crippen LogP contribution is 2.35. The number of thiazole rings is 1. The Hall–Kier alpha value is -2.60. The number of alkyl halides is 6. The zero-order chi connectivity index (χ0) is 20.7. The van der Waals surface area contributed by atoms with Crippen LogP contribution in [0.25, 0.3) is 5.69 Å². The minimum absolute atomic E-state index is 0.0486.